The van der Waals surface area contributed by atoms with Gasteiger partial charge in [-0.15, -0.1) is 11.8 Å². The molecule has 1 heterocycles. The first-order chi connectivity index (χ1) is 11.7. The Bertz CT molecular complexity index is 609. The Labute approximate surface area is 149 Å². The molecule has 2 unspecified atom stereocenters. The molecule has 3 aliphatic rings. The SMILES string of the molecule is CCOC(=O)C1(C2CC2)C(C2CC2)SCN1c1ccc(CC)cc1. The number of carbonyl (C=O) groups is 1. The van der Waals surface area contributed by atoms with Gasteiger partial charge in [0, 0.05) is 10.9 Å². The molecule has 2 aliphatic carbocycles. The summed E-state index contributed by atoms with van der Waals surface area (Å²) in [7, 11) is 0. The monoisotopic (exact) mass is 345 g/mol. The smallest absolute Gasteiger partial charge is 0.333 e. The van der Waals surface area contributed by atoms with E-state index in [9.17, 15) is 4.79 Å². The average Bonchev–Trinajstić information content (AvgIpc) is 3.52. The number of hydrogen-bond donors (Lipinski definition) is 0. The van der Waals surface area contributed by atoms with Gasteiger partial charge in [0.25, 0.3) is 0 Å². The van der Waals surface area contributed by atoms with Crippen molar-refractivity contribution < 1.29 is 9.53 Å². The van der Waals surface area contributed by atoms with Crippen molar-refractivity contribution in [3.05, 3.63) is 29.8 Å². The second kappa shape index (κ2) is 6.29. The largest absolute Gasteiger partial charge is 0.464 e. The van der Waals surface area contributed by atoms with Gasteiger partial charge in [-0.25, -0.2) is 4.79 Å². The summed E-state index contributed by atoms with van der Waals surface area (Å²) in [5, 5.41) is 0.398. The molecule has 0 radical (unpaired) electrons. The Morgan fingerprint density at radius 3 is 2.46 bits per heavy atom. The third-order valence-electron chi connectivity index (χ3n) is 5.77. The highest BCUT2D eigenvalue weighted by atomic mass is 32.2. The molecule has 1 aliphatic heterocycles. The minimum Gasteiger partial charge on any atom is -0.464 e. The molecule has 4 heteroatoms. The number of ether oxygens (including phenoxy) is 1. The highest BCUT2D eigenvalue weighted by Gasteiger charge is 2.66. The van der Waals surface area contributed by atoms with E-state index in [1.165, 1.54) is 24.1 Å². The molecular formula is C20H27NO2S. The van der Waals surface area contributed by atoms with Gasteiger partial charge in [0.15, 0.2) is 5.54 Å². The zero-order valence-electron chi connectivity index (χ0n) is 14.7. The number of thioether (sulfide) groups is 1. The Morgan fingerprint density at radius 1 is 1.21 bits per heavy atom. The van der Waals surface area contributed by atoms with Gasteiger partial charge in [-0.2, -0.15) is 0 Å². The topological polar surface area (TPSA) is 29.5 Å². The molecule has 3 fully saturated rings. The van der Waals surface area contributed by atoms with Gasteiger partial charge in [-0.3, -0.25) is 0 Å². The van der Waals surface area contributed by atoms with Crippen molar-refractivity contribution >= 4 is 23.4 Å². The van der Waals surface area contributed by atoms with E-state index >= 15 is 0 Å². The Morgan fingerprint density at radius 2 is 1.92 bits per heavy atom. The number of benzene rings is 1. The molecule has 0 bridgehead atoms. The molecule has 0 spiro atoms. The summed E-state index contributed by atoms with van der Waals surface area (Å²) in [6.45, 7) is 4.57. The summed E-state index contributed by atoms with van der Waals surface area (Å²) < 4.78 is 5.64. The first-order valence-electron chi connectivity index (χ1n) is 9.37. The van der Waals surface area contributed by atoms with Crippen LogP contribution in [0.5, 0.6) is 0 Å². The van der Waals surface area contributed by atoms with Crippen LogP contribution in [0.4, 0.5) is 5.69 Å². The summed E-state index contributed by atoms with van der Waals surface area (Å²) >= 11 is 1.98. The van der Waals surface area contributed by atoms with Gasteiger partial charge in [0.05, 0.1) is 12.5 Å². The minimum absolute atomic E-state index is 0.0222. The molecule has 24 heavy (non-hydrogen) atoms. The van der Waals surface area contributed by atoms with E-state index in [-0.39, 0.29) is 5.97 Å². The highest BCUT2D eigenvalue weighted by Crippen LogP contribution is 2.59. The second-order valence-electron chi connectivity index (χ2n) is 7.32. The van der Waals surface area contributed by atoms with E-state index in [0.29, 0.717) is 23.7 Å². The zero-order valence-corrected chi connectivity index (χ0v) is 15.5. The highest BCUT2D eigenvalue weighted by molar-refractivity contribution is 8.00. The van der Waals surface area contributed by atoms with E-state index in [2.05, 4.69) is 36.1 Å². The fraction of sp³-hybridized carbons (Fsp3) is 0.650. The number of rotatable bonds is 6. The van der Waals surface area contributed by atoms with Crippen molar-refractivity contribution in [2.45, 2.75) is 56.7 Å². The summed E-state index contributed by atoms with van der Waals surface area (Å²) in [5.41, 5.74) is 2.09. The van der Waals surface area contributed by atoms with Crippen molar-refractivity contribution in [3.63, 3.8) is 0 Å². The number of esters is 1. The van der Waals surface area contributed by atoms with Crippen molar-refractivity contribution in [1.82, 2.24) is 0 Å². The zero-order chi connectivity index (χ0) is 16.7. The van der Waals surface area contributed by atoms with Crippen LogP contribution in [-0.4, -0.2) is 29.2 Å². The minimum atomic E-state index is -0.435. The standard InChI is InChI=1S/C20H27NO2S/c1-3-14-5-11-17(12-6-14)21-13-24-18(15-7-8-15)20(21,16-9-10-16)19(22)23-4-2/h5-6,11-12,15-16,18H,3-4,7-10,13H2,1-2H3. The number of aryl methyl sites for hydroxylation is 1. The van der Waals surface area contributed by atoms with Gasteiger partial charge < -0.3 is 9.64 Å². The molecule has 2 saturated carbocycles. The van der Waals surface area contributed by atoms with Crippen LogP contribution in [0, 0.1) is 11.8 Å². The van der Waals surface area contributed by atoms with Crippen LogP contribution >= 0.6 is 11.8 Å². The lowest BCUT2D eigenvalue weighted by Gasteiger charge is -2.41. The van der Waals surface area contributed by atoms with Gasteiger partial charge in [-0.1, -0.05) is 19.1 Å². The molecule has 1 aromatic rings. The summed E-state index contributed by atoms with van der Waals surface area (Å²) in [5.74, 6) is 2.08. The first-order valence-corrected chi connectivity index (χ1v) is 10.4. The lowest BCUT2D eigenvalue weighted by molar-refractivity contribution is -0.150. The van der Waals surface area contributed by atoms with Crippen LogP contribution in [0.1, 0.15) is 45.1 Å². The van der Waals surface area contributed by atoms with Crippen LogP contribution in [0.15, 0.2) is 24.3 Å². The van der Waals surface area contributed by atoms with Crippen molar-refractivity contribution in [1.29, 1.82) is 0 Å². The van der Waals surface area contributed by atoms with E-state index in [1.54, 1.807) is 0 Å². The van der Waals surface area contributed by atoms with Gasteiger partial charge in [0.2, 0.25) is 0 Å². The van der Waals surface area contributed by atoms with Crippen LogP contribution < -0.4 is 4.90 Å². The maximum absolute atomic E-state index is 13.2. The Kier molecular flexibility index (Phi) is 4.27. The Balaban J connectivity index is 1.74. The van der Waals surface area contributed by atoms with E-state index in [4.69, 9.17) is 4.74 Å². The fourth-order valence-electron chi connectivity index (χ4n) is 4.25. The predicted molar refractivity (Wildman–Crippen MR) is 99.4 cm³/mol. The van der Waals surface area contributed by atoms with Crippen LogP contribution in [0.25, 0.3) is 0 Å². The lowest BCUT2D eigenvalue weighted by atomic mass is 9.84. The van der Waals surface area contributed by atoms with E-state index in [0.717, 1.165) is 25.1 Å². The summed E-state index contributed by atoms with van der Waals surface area (Å²) in [4.78, 5) is 15.6. The average molecular weight is 346 g/mol. The maximum atomic E-state index is 13.2. The van der Waals surface area contributed by atoms with Crippen LogP contribution in [-0.2, 0) is 16.0 Å². The summed E-state index contributed by atoms with van der Waals surface area (Å²) in [6.07, 6.45) is 5.91. The van der Waals surface area contributed by atoms with Crippen molar-refractivity contribution in [2.75, 3.05) is 17.4 Å². The molecule has 0 amide bonds. The molecule has 1 saturated heterocycles. The first kappa shape index (κ1) is 16.3. The number of anilines is 1. The fourth-order valence-corrected chi connectivity index (χ4v) is 6.14. The van der Waals surface area contributed by atoms with Gasteiger partial charge >= 0.3 is 5.97 Å². The molecule has 1 aromatic carbocycles. The van der Waals surface area contributed by atoms with E-state index in [1.807, 2.05) is 18.7 Å². The maximum Gasteiger partial charge on any atom is 0.333 e. The number of hydrogen-bond acceptors (Lipinski definition) is 4. The second-order valence-corrected chi connectivity index (χ2v) is 8.42. The third kappa shape index (κ3) is 2.54. The molecule has 4 rings (SSSR count). The summed E-state index contributed by atoms with van der Waals surface area (Å²) in [6, 6.07) is 8.80. The molecule has 3 nitrogen and oxygen atoms in total. The van der Waals surface area contributed by atoms with Gasteiger partial charge in [-0.05, 0) is 68.6 Å². The predicted octanol–water partition coefficient (Wildman–Crippen LogP) is 4.25. The lowest BCUT2D eigenvalue weighted by Crippen LogP contribution is -2.60. The van der Waals surface area contributed by atoms with Crippen molar-refractivity contribution in [3.8, 4) is 0 Å². The van der Waals surface area contributed by atoms with E-state index < -0.39 is 5.54 Å². The molecular weight excluding hydrogens is 318 g/mol. The quantitative estimate of drug-likeness (QED) is 0.721. The van der Waals surface area contributed by atoms with Crippen LogP contribution in [0.2, 0.25) is 0 Å². The Hall–Kier alpha value is -1.16. The number of nitrogens with zero attached hydrogens (tertiary/aromatic N) is 1. The van der Waals surface area contributed by atoms with Crippen molar-refractivity contribution in [2.24, 2.45) is 11.8 Å². The molecule has 130 valence electrons. The van der Waals surface area contributed by atoms with Crippen LogP contribution in [0.3, 0.4) is 0 Å². The molecule has 0 N–H and O–H groups in total. The molecule has 2 atom stereocenters. The number of carbonyl (C=O) groups excluding carboxylic acids is 1. The third-order valence-corrected chi connectivity index (χ3v) is 7.28. The molecule has 0 aromatic heterocycles. The normalized spacial score (nSPS) is 29.8. The van der Waals surface area contributed by atoms with Gasteiger partial charge in [0.1, 0.15) is 0 Å².